The molecule has 1 aliphatic heterocycles. The number of piperidine rings is 1. The van der Waals surface area contributed by atoms with Crippen LogP contribution in [0.1, 0.15) is 54.9 Å². The van der Waals surface area contributed by atoms with Crippen LogP contribution in [0.2, 0.25) is 0 Å². The summed E-state index contributed by atoms with van der Waals surface area (Å²) in [5.41, 5.74) is 1.94. The Morgan fingerprint density at radius 1 is 1.18 bits per heavy atom. The highest BCUT2D eigenvalue weighted by Crippen LogP contribution is 2.59. The van der Waals surface area contributed by atoms with Crippen molar-refractivity contribution >= 4 is 11.9 Å². The second-order valence-corrected chi connectivity index (χ2v) is 7.03. The molecule has 118 valence electrons. The van der Waals surface area contributed by atoms with Gasteiger partial charge in [-0.25, -0.2) is 0 Å². The number of benzene rings is 1. The average molecular weight is 301 g/mol. The molecule has 2 aliphatic rings. The molecule has 22 heavy (non-hydrogen) atoms. The highest BCUT2D eigenvalue weighted by molar-refractivity contribution is 5.94. The Balaban J connectivity index is 1.61. The van der Waals surface area contributed by atoms with Gasteiger partial charge in [0.25, 0.3) is 5.91 Å². The molecule has 1 unspecified atom stereocenters. The zero-order valence-electron chi connectivity index (χ0n) is 13.2. The van der Waals surface area contributed by atoms with E-state index in [-0.39, 0.29) is 17.2 Å². The predicted octanol–water partition coefficient (Wildman–Crippen LogP) is 3.14. The van der Waals surface area contributed by atoms with Gasteiger partial charge in [-0.1, -0.05) is 26.0 Å². The van der Waals surface area contributed by atoms with E-state index in [1.807, 2.05) is 29.2 Å². The summed E-state index contributed by atoms with van der Waals surface area (Å²) >= 11 is 0. The standard InChI is InChI=1S/C18H23NO3/c1-12(2)13-3-5-14(6-4-13)16(20)19-9-7-18(8-10-19)11-15(18)17(21)22/h3-6,12,15H,7-11H2,1-2H3,(H,21,22). The first-order chi connectivity index (χ1) is 10.4. The lowest BCUT2D eigenvalue weighted by molar-refractivity contribution is -0.139. The SMILES string of the molecule is CC(C)c1ccc(C(=O)N2CCC3(CC2)CC3C(=O)O)cc1. The number of carboxylic acid groups (broad SMARTS) is 1. The number of aliphatic carboxylic acids is 1. The van der Waals surface area contributed by atoms with Crippen LogP contribution in [-0.2, 0) is 4.79 Å². The molecule has 1 aromatic rings. The molecule has 1 saturated carbocycles. The Morgan fingerprint density at radius 3 is 2.23 bits per heavy atom. The third-order valence-electron chi connectivity index (χ3n) is 5.36. The lowest BCUT2D eigenvalue weighted by Gasteiger charge is -2.32. The van der Waals surface area contributed by atoms with Gasteiger partial charge in [0, 0.05) is 18.7 Å². The van der Waals surface area contributed by atoms with Gasteiger partial charge in [-0.05, 0) is 48.3 Å². The predicted molar refractivity (Wildman–Crippen MR) is 83.8 cm³/mol. The molecule has 0 bridgehead atoms. The Morgan fingerprint density at radius 2 is 1.77 bits per heavy atom. The van der Waals surface area contributed by atoms with Crippen LogP contribution in [0.4, 0.5) is 0 Å². The second-order valence-electron chi connectivity index (χ2n) is 7.03. The zero-order chi connectivity index (χ0) is 15.9. The third kappa shape index (κ3) is 2.62. The van der Waals surface area contributed by atoms with E-state index in [2.05, 4.69) is 13.8 Å². The number of carbonyl (C=O) groups is 2. The maximum Gasteiger partial charge on any atom is 0.307 e. The van der Waals surface area contributed by atoms with Crippen molar-refractivity contribution in [3.63, 3.8) is 0 Å². The van der Waals surface area contributed by atoms with Gasteiger partial charge >= 0.3 is 5.97 Å². The summed E-state index contributed by atoms with van der Waals surface area (Å²) in [6.07, 6.45) is 2.42. The van der Waals surface area contributed by atoms with Crippen LogP contribution in [0.3, 0.4) is 0 Å². The van der Waals surface area contributed by atoms with Crippen molar-refractivity contribution in [1.29, 1.82) is 0 Å². The molecule has 4 heteroatoms. The summed E-state index contributed by atoms with van der Waals surface area (Å²) in [7, 11) is 0. The Kier molecular flexibility index (Phi) is 3.71. The normalized spacial score (nSPS) is 22.9. The number of nitrogens with zero attached hydrogens (tertiary/aromatic N) is 1. The molecule has 2 fully saturated rings. The average Bonchev–Trinajstić information content (AvgIpc) is 3.21. The fourth-order valence-electron chi connectivity index (χ4n) is 3.60. The van der Waals surface area contributed by atoms with Gasteiger partial charge in [-0.3, -0.25) is 9.59 Å². The molecule has 1 atom stereocenters. The van der Waals surface area contributed by atoms with Gasteiger partial charge in [-0.2, -0.15) is 0 Å². The summed E-state index contributed by atoms with van der Waals surface area (Å²) < 4.78 is 0. The van der Waals surface area contributed by atoms with Gasteiger partial charge in [0.1, 0.15) is 0 Å². The van der Waals surface area contributed by atoms with Gasteiger partial charge < -0.3 is 10.0 Å². The fourth-order valence-corrected chi connectivity index (χ4v) is 3.60. The van der Waals surface area contributed by atoms with Crippen LogP contribution in [-0.4, -0.2) is 35.0 Å². The Bertz CT molecular complexity index is 583. The van der Waals surface area contributed by atoms with E-state index in [0.29, 0.717) is 19.0 Å². The van der Waals surface area contributed by atoms with Crippen LogP contribution < -0.4 is 0 Å². The van der Waals surface area contributed by atoms with Crippen molar-refractivity contribution in [2.45, 2.75) is 39.0 Å². The van der Waals surface area contributed by atoms with Crippen LogP contribution in [0.5, 0.6) is 0 Å². The second kappa shape index (κ2) is 5.41. The maximum atomic E-state index is 12.5. The largest absolute Gasteiger partial charge is 0.481 e. The van der Waals surface area contributed by atoms with E-state index in [1.165, 1.54) is 5.56 Å². The van der Waals surface area contributed by atoms with E-state index in [1.54, 1.807) is 0 Å². The maximum absolute atomic E-state index is 12.5. The van der Waals surface area contributed by atoms with E-state index >= 15 is 0 Å². The van der Waals surface area contributed by atoms with Crippen molar-refractivity contribution in [3.8, 4) is 0 Å². The van der Waals surface area contributed by atoms with Crippen molar-refractivity contribution in [2.75, 3.05) is 13.1 Å². The molecule has 1 saturated heterocycles. The van der Waals surface area contributed by atoms with Crippen LogP contribution >= 0.6 is 0 Å². The molecular weight excluding hydrogens is 278 g/mol. The van der Waals surface area contributed by atoms with Gasteiger partial charge in [-0.15, -0.1) is 0 Å². The first-order valence-corrected chi connectivity index (χ1v) is 8.05. The first kappa shape index (κ1) is 15.1. The van der Waals surface area contributed by atoms with Crippen LogP contribution in [0, 0.1) is 11.3 Å². The number of rotatable bonds is 3. The van der Waals surface area contributed by atoms with Gasteiger partial charge in [0.05, 0.1) is 5.92 Å². The summed E-state index contributed by atoms with van der Waals surface area (Å²) in [5, 5.41) is 9.11. The van der Waals surface area contributed by atoms with Crippen molar-refractivity contribution in [3.05, 3.63) is 35.4 Å². The Hall–Kier alpha value is -1.84. The number of carboxylic acids is 1. The fraction of sp³-hybridized carbons (Fsp3) is 0.556. The number of carbonyl (C=O) groups excluding carboxylic acids is 1. The molecule has 4 nitrogen and oxygen atoms in total. The van der Waals surface area contributed by atoms with Crippen molar-refractivity contribution in [2.24, 2.45) is 11.3 Å². The molecule has 1 N–H and O–H groups in total. The minimum absolute atomic E-state index is 0.0237. The number of hydrogen-bond acceptors (Lipinski definition) is 2. The molecule has 1 spiro atoms. The van der Waals surface area contributed by atoms with Crippen LogP contribution in [0.15, 0.2) is 24.3 Å². The molecular formula is C18H23NO3. The molecule has 0 aromatic heterocycles. The quantitative estimate of drug-likeness (QED) is 0.933. The molecule has 1 aromatic carbocycles. The third-order valence-corrected chi connectivity index (χ3v) is 5.36. The molecule has 1 heterocycles. The number of amides is 1. The number of hydrogen-bond donors (Lipinski definition) is 1. The molecule has 1 amide bonds. The minimum Gasteiger partial charge on any atom is -0.481 e. The molecule has 3 rings (SSSR count). The zero-order valence-corrected chi connectivity index (χ0v) is 13.2. The molecule has 0 radical (unpaired) electrons. The van der Waals surface area contributed by atoms with Crippen LogP contribution in [0.25, 0.3) is 0 Å². The van der Waals surface area contributed by atoms with Gasteiger partial charge in [0.2, 0.25) is 0 Å². The monoisotopic (exact) mass is 301 g/mol. The number of likely N-dealkylation sites (tertiary alicyclic amines) is 1. The van der Waals surface area contributed by atoms with Crippen molar-refractivity contribution in [1.82, 2.24) is 4.90 Å². The summed E-state index contributed by atoms with van der Waals surface area (Å²) in [6, 6.07) is 7.84. The van der Waals surface area contributed by atoms with E-state index in [0.717, 1.165) is 24.8 Å². The lowest BCUT2D eigenvalue weighted by Crippen LogP contribution is -2.40. The smallest absolute Gasteiger partial charge is 0.307 e. The highest BCUT2D eigenvalue weighted by Gasteiger charge is 2.59. The minimum atomic E-state index is -0.677. The highest BCUT2D eigenvalue weighted by atomic mass is 16.4. The Labute approximate surface area is 131 Å². The molecule has 1 aliphatic carbocycles. The van der Waals surface area contributed by atoms with Gasteiger partial charge in [0.15, 0.2) is 0 Å². The van der Waals surface area contributed by atoms with E-state index in [4.69, 9.17) is 5.11 Å². The summed E-state index contributed by atoms with van der Waals surface area (Å²) in [4.78, 5) is 25.5. The summed E-state index contributed by atoms with van der Waals surface area (Å²) in [5.74, 6) is -0.335. The van der Waals surface area contributed by atoms with E-state index in [9.17, 15) is 9.59 Å². The van der Waals surface area contributed by atoms with Crippen molar-refractivity contribution < 1.29 is 14.7 Å². The first-order valence-electron chi connectivity index (χ1n) is 8.05. The topological polar surface area (TPSA) is 57.6 Å². The summed E-state index contributed by atoms with van der Waals surface area (Å²) in [6.45, 7) is 5.62. The van der Waals surface area contributed by atoms with E-state index < -0.39 is 5.97 Å². The lowest BCUT2D eigenvalue weighted by atomic mass is 9.90.